The molecule has 1 aliphatic rings. The minimum atomic E-state index is 0.509. The summed E-state index contributed by atoms with van der Waals surface area (Å²) in [4.78, 5) is 8.74. The molecule has 1 aromatic carbocycles. The molecule has 4 nitrogen and oxygen atoms in total. The quantitative estimate of drug-likeness (QED) is 0.841. The Morgan fingerprint density at radius 1 is 1.00 bits per heavy atom. The van der Waals surface area contributed by atoms with E-state index in [-0.39, 0.29) is 0 Å². The lowest BCUT2D eigenvalue weighted by Crippen LogP contribution is -2.46. The molecule has 0 unspecified atom stereocenters. The summed E-state index contributed by atoms with van der Waals surface area (Å²) in [5.41, 5.74) is 2.69. The number of aromatic nitrogens is 1. The van der Waals surface area contributed by atoms with E-state index in [1.54, 1.807) is 6.20 Å². The summed E-state index contributed by atoms with van der Waals surface area (Å²) in [5, 5.41) is 9.15. The second kappa shape index (κ2) is 6.15. The highest BCUT2D eigenvalue weighted by Crippen LogP contribution is 2.23. The lowest BCUT2D eigenvalue weighted by Gasteiger charge is -2.37. The van der Waals surface area contributed by atoms with E-state index >= 15 is 0 Å². The van der Waals surface area contributed by atoms with E-state index in [0.29, 0.717) is 5.69 Å². The van der Waals surface area contributed by atoms with E-state index in [1.807, 2.05) is 12.1 Å². The number of anilines is 2. The molecule has 106 valence electrons. The van der Waals surface area contributed by atoms with Gasteiger partial charge in [0.2, 0.25) is 0 Å². The van der Waals surface area contributed by atoms with E-state index < -0.39 is 0 Å². The molecule has 1 fully saturated rings. The molecular formula is C16H15BrN4. The van der Waals surface area contributed by atoms with Gasteiger partial charge in [0.05, 0.1) is 5.69 Å². The predicted octanol–water partition coefficient (Wildman–Crippen LogP) is 3.04. The molecule has 5 heteroatoms. The summed E-state index contributed by atoms with van der Waals surface area (Å²) in [6.45, 7) is 3.69. The van der Waals surface area contributed by atoms with Crippen LogP contribution in [-0.2, 0) is 0 Å². The first-order valence-corrected chi connectivity index (χ1v) is 7.68. The van der Waals surface area contributed by atoms with Crippen LogP contribution in [0.25, 0.3) is 0 Å². The lowest BCUT2D eigenvalue weighted by atomic mass is 10.2. The van der Waals surface area contributed by atoms with Gasteiger partial charge in [0.15, 0.2) is 5.69 Å². The molecule has 0 saturated carbocycles. The highest BCUT2D eigenvalue weighted by atomic mass is 79.9. The third-order valence-electron chi connectivity index (χ3n) is 3.70. The average Bonchev–Trinajstić information content (AvgIpc) is 2.56. The van der Waals surface area contributed by atoms with Crippen molar-refractivity contribution in [2.45, 2.75) is 0 Å². The predicted molar refractivity (Wildman–Crippen MR) is 87.5 cm³/mol. The van der Waals surface area contributed by atoms with Crippen LogP contribution in [0.1, 0.15) is 5.69 Å². The first-order valence-electron chi connectivity index (χ1n) is 6.88. The number of pyridine rings is 1. The summed E-state index contributed by atoms with van der Waals surface area (Å²) in [7, 11) is 0. The van der Waals surface area contributed by atoms with Crippen LogP contribution >= 0.6 is 15.9 Å². The van der Waals surface area contributed by atoms with Gasteiger partial charge in [-0.05, 0) is 36.4 Å². The molecular weight excluding hydrogens is 328 g/mol. The zero-order valence-corrected chi connectivity index (χ0v) is 13.1. The number of nitriles is 1. The number of piperazine rings is 1. The van der Waals surface area contributed by atoms with Crippen molar-refractivity contribution < 1.29 is 0 Å². The first kappa shape index (κ1) is 13.9. The maximum Gasteiger partial charge on any atom is 0.163 e. The molecule has 0 bridgehead atoms. The zero-order valence-electron chi connectivity index (χ0n) is 11.5. The number of halogens is 1. The van der Waals surface area contributed by atoms with Gasteiger partial charge in [-0.25, -0.2) is 4.98 Å². The fourth-order valence-electron chi connectivity index (χ4n) is 2.60. The minimum Gasteiger partial charge on any atom is -0.368 e. The highest BCUT2D eigenvalue weighted by Gasteiger charge is 2.19. The zero-order chi connectivity index (χ0) is 14.7. The Morgan fingerprint density at radius 2 is 1.67 bits per heavy atom. The number of benzene rings is 1. The van der Waals surface area contributed by atoms with Gasteiger partial charge in [0.25, 0.3) is 0 Å². The SMILES string of the molecule is N#Cc1ncccc1N1CCN(c2ccc(Br)cc2)CC1. The van der Waals surface area contributed by atoms with Gasteiger partial charge >= 0.3 is 0 Å². The smallest absolute Gasteiger partial charge is 0.163 e. The van der Waals surface area contributed by atoms with Gasteiger partial charge in [0.1, 0.15) is 6.07 Å². The Hall–Kier alpha value is -2.06. The highest BCUT2D eigenvalue weighted by molar-refractivity contribution is 9.10. The molecule has 21 heavy (non-hydrogen) atoms. The Labute approximate surface area is 132 Å². The van der Waals surface area contributed by atoms with Crippen molar-refractivity contribution >= 4 is 27.3 Å². The molecule has 3 rings (SSSR count). The number of hydrogen-bond donors (Lipinski definition) is 0. The molecule has 0 atom stereocenters. The summed E-state index contributed by atoms with van der Waals surface area (Å²) in [5.74, 6) is 0. The van der Waals surface area contributed by atoms with Crippen LogP contribution in [-0.4, -0.2) is 31.2 Å². The molecule has 0 radical (unpaired) electrons. The number of rotatable bonds is 2. The summed E-state index contributed by atoms with van der Waals surface area (Å²) >= 11 is 3.46. The van der Waals surface area contributed by atoms with Crippen molar-refractivity contribution in [3.63, 3.8) is 0 Å². The Kier molecular flexibility index (Phi) is 4.07. The minimum absolute atomic E-state index is 0.509. The molecule has 0 spiro atoms. The fourth-order valence-corrected chi connectivity index (χ4v) is 2.86. The van der Waals surface area contributed by atoms with Gasteiger partial charge in [-0.2, -0.15) is 5.26 Å². The lowest BCUT2D eigenvalue weighted by molar-refractivity contribution is 0.652. The maximum atomic E-state index is 9.15. The molecule has 2 heterocycles. The molecule has 0 aliphatic carbocycles. The van der Waals surface area contributed by atoms with Crippen LogP contribution in [0, 0.1) is 11.3 Å². The summed E-state index contributed by atoms with van der Waals surface area (Å²) in [6.07, 6.45) is 1.67. The second-order valence-corrected chi connectivity index (χ2v) is 5.85. The van der Waals surface area contributed by atoms with E-state index in [1.165, 1.54) is 5.69 Å². The van der Waals surface area contributed by atoms with Gasteiger partial charge in [-0.1, -0.05) is 15.9 Å². The average molecular weight is 343 g/mol. The Morgan fingerprint density at radius 3 is 2.33 bits per heavy atom. The van der Waals surface area contributed by atoms with Crippen LogP contribution in [0.15, 0.2) is 47.1 Å². The largest absolute Gasteiger partial charge is 0.368 e. The van der Waals surface area contributed by atoms with Crippen molar-refractivity contribution in [3.05, 3.63) is 52.8 Å². The standard InChI is InChI=1S/C16H15BrN4/c17-13-3-5-14(6-4-13)20-8-10-21(11-9-20)16-2-1-7-19-15(16)12-18/h1-7H,8-11H2. The van der Waals surface area contributed by atoms with Crippen molar-refractivity contribution in [2.24, 2.45) is 0 Å². The third-order valence-corrected chi connectivity index (χ3v) is 4.23. The maximum absolute atomic E-state index is 9.15. The molecule has 1 saturated heterocycles. The van der Waals surface area contributed by atoms with Crippen LogP contribution in [0.4, 0.5) is 11.4 Å². The molecule has 1 aromatic heterocycles. The molecule has 2 aromatic rings. The molecule has 1 aliphatic heterocycles. The normalized spacial score (nSPS) is 14.9. The van der Waals surface area contributed by atoms with Gasteiger partial charge < -0.3 is 9.80 Å². The van der Waals surface area contributed by atoms with E-state index in [0.717, 1.165) is 36.3 Å². The van der Waals surface area contributed by atoms with Crippen molar-refractivity contribution in [1.29, 1.82) is 5.26 Å². The first-order chi connectivity index (χ1) is 10.3. The third kappa shape index (κ3) is 3.01. The van der Waals surface area contributed by atoms with Crippen molar-refractivity contribution in [3.8, 4) is 6.07 Å². The van der Waals surface area contributed by atoms with Crippen molar-refractivity contribution in [2.75, 3.05) is 36.0 Å². The van der Waals surface area contributed by atoms with E-state index in [2.05, 4.69) is 61.0 Å². The Balaban J connectivity index is 1.70. The monoisotopic (exact) mass is 342 g/mol. The van der Waals surface area contributed by atoms with Crippen LogP contribution in [0.5, 0.6) is 0 Å². The van der Waals surface area contributed by atoms with Gasteiger partial charge in [-0.15, -0.1) is 0 Å². The van der Waals surface area contributed by atoms with Gasteiger partial charge in [-0.3, -0.25) is 0 Å². The Bertz CT molecular complexity index is 655. The summed E-state index contributed by atoms with van der Waals surface area (Å²) < 4.78 is 1.10. The summed E-state index contributed by atoms with van der Waals surface area (Å²) in [6, 6.07) is 14.4. The number of hydrogen-bond acceptors (Lipinski definition) is 4. The van der Waals surface area contributed by atoms with Crippen LogP contribution in [0.3, 0.4) is 0 Å². The topological polar surface area (TPSA) is 43.2 Å². The molecule has 0 amide bonds. The van der Waals surface area contributed by atoms with Crippen molar-refractivity contribution in [1.82, 2.24) is 4.98 Å². The van der Waals surface area contributed by atoms with Crippen LogP contribution in [0.2, 0.25) is 0 Å². The number of nitrogens with zero attached hydrogens (tertiary/aromatic N) is 4. The fraction of sp³-hybridized carbons (Fsp3) is 0.250. The van der Waals surface area contributed by atoms with E-state index in [4.69, 9.17) is 5.26 Å². The van der Waals surface area contributed by atoms with Crippen LogP contribution < -0.4 is 9.80 Å². The van der Waals surface area contributed by atoms with Gasteiger partial charge in [0, 0.05) is 42.5 Å². The second-order valence-electron chi connectivity index (χ2n) is 4.93. The molecule has 0 N–H and O–H groups in total. The van der Waals surface area contributed by atoms with E-state index in [9.17, 15) is 0 Å².